The topological polar surface area (TPSA) is 67.0 Å². The summed E-state index contributed by atoms with van der Waals surface area (Å²) < 4.78 is 18.8. The normalized spacial score (nSPS) is 10.8. The van der Waals surface area contributed by atoms with Crippen molar-refractivity contribution in [3.8, 4) is 5.75 Å². The van der Waals surface area contributed by atoms with Crippen LogP contribution in [0.5, 0.6) is 5.75 Å². The van der Waals surface area contributed by atoms with E-state index in [0.29, 0.717) is 17.1 Å². The minimum Gasteiger partial charge on any atom is -0.489 e. The van der Waals surface area contributed by atoms with Crippen LogP contribution in [0.3, 0.4) is 0 Å². The van der Waals surface area contributed by atoms with E-state index in [4.69, 9.17) is 4.74 Å². The number of halogens is 1. The lowest BCUT2D eigenvalue weighted by molar-refractivity contribution is 0.102. The maximum atomic E-state index is 13.2. The van der Waals surface area contributed by atoms with Crippen LogP contribution in [0.1, 0.15) is 41.5 Å². The first-order valence-electron chi connectivity index (χ1n) is 8.35. The van der Waals surface area contributed by atoms with E-state index < -0.39 is 0 Å². The molecule has 3 aromatic rings. The number of carbonyl (C=O) groups excluding carboxylic acids is 1. The second-order valence-corrected chi connectivity index (χ2v) is 6.26. The van der Waals surface area contributed by atoms with Crippen LogP contribution in [0.15, 0.2) is 54.6 Å². The summed E-state index contributed by atoms with van der Waals surface area (Å²) in [5.74, 6) is 0.101. The monoisotopic (exact) mass is 353 g/mol. The van der Waals surface area contributed by atoms with Gasteiger partial charge in [0.1, 0.15) is 18.2 Å². The third kappa shape index (κ3) is 4.47. The van der Waals surface area contributed by atoms with Crippen LogP contribution in [-0.2, 0) is 6.61 Å². The summed E-state index contributed by atoms with van der Waals surface area (Å²) in [5.41, 5.74) is 2.75. The van der Waals surface area contributed by atoms with Gasteiger partial charge in [0.15, 0.2) is 5.69 Å². The molecule has 0 aliphatic carbocycles. The minimum absolute atomic E-state index is 0.271. The Morgan fingerprint density at radius 2 is 2.00 bits per heavy atom. The first kappa shape index (κ1) is 17.7. The van der Waals surface area contributed by atoms with Gasteiger partial charge in [-0.25, -0.2) is 4.39 Å². The van der Waals surface area contributed by atoms with Crippen molar-refractivity contribution < 1.29 is 13.9 Å². The second-order valence-electron chi connectivity index (χ2n) is 6.26. The first-order valence-corrected chi connectivity index (χ1v) is 8.35. The molecular formula is C20H20FN3O2. The first-order chi connectivity index (χ1) is 12.5. The highest BCUT2D eigenvalue weighted by molar-refractivity contribution is 6.02. The second kappa shape index (κ2) is 7.82. The number of carbonyl (C=O) groups is 1. The number of H-pyrrole nitrogens is 1. The number of rotatable bonds is 6. The Morgan fingerprint density at radius 3 is 2.73 bits per heavy atom. The Kier molecular flexibility index (Phi) is 5.31. The molecule has 0 atom stereocenters. The quantitative estimate of drug-likeness (QED) is 0.685. The zero-order chi connectivity index (χ0) is 18.5. The van der Waals surface area contributed by atoms with Gasteiger partial charge in [0.2, 0.25) is 0 Å². The average molecular weight is 353 g/mol. The van der Waals surface area contributed by atoms with Gasteiger partial charge in [-0.2, -0.15) is 5.10 Å². The van der Waals surface area contributed by atoms with Gasteiger partial charge < -0.3 is 10.1 Å². The smallest absolute Gasteiger partial charge is 0.276 e. The summed E-state index contributed by atoms with van der Waals surface area (Å²) in [5, 5.41) is 9.73. The number of anilines is 1. The van der Waals surface area contributed by atoms with Crippen molar-refractivity contribution in [1.82, 2.24) is 10.2 Å². The van der Waals surface area contributed by atoms with E-state index in [2.05, 4.69) is 15.5 Å². The third-order valence-corrected chi connectivity index (χ3v) is 3.84. The van der Waals surface area contributed by atoms with E-state index in [1.807, 2.05) is 32.0 Å². The number of aromatic nitrogens is 2. The number of amides is 1. The molecule has 0 bridgehead atoms. The predicted molar refractivity (Wildman–Crippen MR) is 97.8 cm³/mol. The molecule has 3 rings (SSSR count). The van der Waals surface area contributed by atoms with Crippen molar-refractivity contribution in [3.63, 3.8) is 0 Å². The summed E-state index contributed by atoms with van der Waals surface area (Å²) >= 11 is 0. The molecule has 2 aromatic carbocycles. The SMILES string of the molecule is CC(C)c1cc(C(=O)Nc2cccc(COc3cccc(F)c3)c2)n[nH]1. The molecule has 0 saturated heterocycles. The highest BCUT2D eigenvalue weighted by Crippen LogP contribution is 2.17. The van der Waals surface area contributed by atoms with Gasteiger partial charge in [-0.3, -0.25) is 9.89 Å². The molecule has 2 N–H and O–H groups in total. The standard InChI is InChI=1S/C20H20FN3O2/c1-13(2)18-11-19(24-23-18)20(25)22-16-7-3-5-14(9-16)12-26-17-8-4-6-15(21)10-17/h3-11,13H,12H2,1-2H3,(H,22,25)(H,23,24). The minimum atomic E-state index is -0.344. The highest BCUT2D eigenvalue weighted by atomic mass is 19.1. The summed E-state index contributed by atoms with van der Waals surface area (Å²) in [6.07, 6.45) is 0. The van der Waals surface area contributed by atoms with E-state index >= 15 is 0 Å². The van der Waals surface area contributed by atoms with Gasteiger partial charge in [-0.15, -0.1) is 0 Å². The predicted octanol–water partition coefficient (Wildman–Crippen LogP) is 4.50. The van der Waals surface area contributed by atoms with Crippen LogP contribution >= 0.6 is 0 Å². The molecule has 0 saturated carbocycles. The lowest BCUT2D eigenvalue weighted by Crippen LogP contribution is -2.12. The number of nitrogens with one attached hydrogen (secondary N) is 2. The number of nitrogens with zero attached hydrogens (tertiary/aromatic N) is 1. The van der Waals surface area contributed by atoms with Gasteiger partial charge in [0.25, 0.3) is 5.91 Å². The van der Waals surface area contributed by atoms with E-state index in [9.17, 15) is 9.18 Å². The Balaban J connectivity index is 1.64. The molecule has 6 heteroatoms. The molecule has 1 amide bonds. The summed E-state index contributed by atoms with van der Waals surface area (Å²) in [4.78, 5) is 12.3. The van der Waals surface area contributed by atoms with E-state index in [0.717, 1.165) is 11.3 Å². The number of ether oxygens (including phenoxy) is 1. The van der Waals surface area contributed by atoms with Crippen LogP contribution in [-0.4, -0.2) is 16.1 Å². The molecule has 0 aliphatic rings. The van der Waals surface area contributed by atoms with Crippen molar-refractivity contribution >= 4 is 11.6 Å². The molecule has 1 aromatic heterocycles. The average Bonchev–Trinajstić information content (AvgIpc) is 3.11. The number of hydrogen-bond donors (Lipinski definition) is 2. The zero-order valence-electron chi connectivity index (χ0n) is 14.6. The van der Waals surface area contributed by atoms with Crippen molar-refractivity contribution in [1.29, 1.82) is 0 Å². The lowest BCUT2D eigenvalue weighted by atomic mass is 10.1. The zero-order valence-corrected chi connectivity index (χ0v) is 14.6. The molecule has 5 nitrogen and oxygen atoms in total. The van der Waals surface area contributed by atoms with Crippen LogP contribution in [0, 0.1) is 5.82 Å². The van der Waals surface area contributed by atoms with Gasteiger partial charge in [0, 0.05) is 17.4 Å². The number of aromatic amines is 1. The fourth-order valence-corrected chi connectivity index (χ4v) is 2.41. The third-order valence-electron chi connectivity index (χ3n) is 3.84. The molecular weight excluding hydrogens is 333 g/mol. The summed E-state index contributed by atoms with van der Waals surface area (Å²) in [6.45, 7) is 4.32. The fraction of sp³-hybridized carbons (Fsp3) is 0.200. The summed E-state index contributed by atoms with van der Waals surface area (Å²) in [6, 6.07) is 15.0. The molecule has 0 spiro atoms. The van der Waals surface area contributed by atoms with Crippen LogP contribution < -0.4 is 10.1 Å². The Morgan fingerprint density at radius 1 is 1.19 bits per heavy atom. The Bertz CT molecular complexity index is 905. The van der Waals surface area contributed by atoms with Crippen LogP contribution in [0.2, 0.25) is 0 Å². The van der Waals surface area contributed by atoms with Crippen LogP contribution in [0.4, 0.5) is 10.1 Å². The van der Waals surface area contributed by atoms with E-state index in [1.54, 1.807) is 24.3 Å². The maximum absolute atomic E-state index is 13.2. The van der Waals surface area contributed by atoms with Gasteiger partial charge in [0.05, 0.1) is 0 Å². The molecule has 0 unspecified atom stereocenters. The van der Waals surface area contributed by atoms with Crippen LogP contribution in [0.25, 0.3) is 0 Å². The van der Waals surface area contributed by atoms with E-state index in [-0.39, 0.29) is 24.2 Å². The molecule has 0 fully saturated rings. The van der Waals surface area contributed by atoms with E-state index in [1.165, 1.54) is 12.1 Å². The van der Waals surface area contributed by atoms with Crippen molar-refractivity contribution in [2.75, 3.05) is 5.32 Å². The van der Waals surface area contributed by atoms with Crippen molar-refractivity contribution in [2.24, 2.45) is 0 Å². The van der Waals surface area contributed by atoms with Gasteiger partial charge in [-0.05, 0) is 41.8 Å². The molecule has 1 heterocycles. The number of benzene rings is 2. The Hall–Kier alpha value is -3.15. The highest BCUT2D eigenvalue weighted by Gasteiger charge is 2.12. The molecule has 0 radical (unpaired) electrons. The summed E-state index contributed by atoms with van der Waals surface area (Å²) in [7, 11) is 0. The lowest BCUT2D eigenvalue weighted by Gasteiger charge is -2.08. The van der Waals surface area contributed by atoms with Gasteiger partial charge >= 0.3 is 0 Å². The van der Waals surface area contributed by atoms with Gasteiger partial charge in [-0.1, -0.05) is 32.0 Å². The Labute approximate surface area is 151 Å². The van der Waals surface area contributed by atoms with Crippen molar-refractivity contribution in [2.45, 2.75) is 26.4 Å². The molecule has 134 valence electrons. The number of hydrogen-bond acceptors (Lipinski definition) is 3. The molecule has 26 heavy (non-hydrogen) atoms. The van der Waals surface area contributed by atoms with Crippen molar-refractivity contribution in [3.05, 3.63) is 77.4 Å². The maximum Gasteiger partial charge on any atom is 0.276 e. The molecule has 0 aliphatic heterocycles. The fourth-order valence-electron chi connectivity index (χ4n) is 2.41. The largest absolute Gasteiger partial charge is 0.489 e.